The molecule has 5 nitrogen and oxygen atoms in total. The quantitative estimate of drug-likeness (QED) is 0.119. The molecule has 0 saturated carbocycles. The van der Waals surface area contributed by atoms with Crippen LogP contribution in [0, 0.1) is 14.9 Å². The van der Waals surface area contributed by atoms with Gasteiger partial charge in [0.25, 0.3) is 5.91 Å². The normalized spacial score (nSPS) is 11.2. The van der Waals surface area contributed by atoms with E-state index in [0.29, 0.717) is 41.0 Å². The Morgan fingerprint density at radius 2 is 1.81 bits per heavy atom. The predicted molar refractivity (Wildman–Crippen MR) is 157 cm³/mol. The second-order valence-corrected chi connectivity index (χ2v) is 9.86. The SMILES string of the molecule is CCOc1cc(/C=C(\C#N)C(=O)Nc2cccc(Cl)c2Cl)cc(I)c1OCc1cccc2ccccc12. The van der Waals surface area contributed by atoms with Gasteiger partial charge in [0.2, 0.25) is 0 Å². The molecule has 0 saturated heterocycles. The van der Waals surface area contributed by atoms with Crippen molar-refractivity contribution in [1.29, 1.82) is 5.26 Å². The number of hydrogen-bond acceptors (Lipinski definition) is 4. The number of halogens is 3. The molecule has 4 aromatic carbocycles. The zero-order valence-corrected chi connectivity index (χ0v) is 23.4. The summed E-state index contributed by atoms with van der Waals surface area (Å²) in [4.78, 5) is 12.8. The number of carbonyl (C=O) groups excluding carboxylic acids is 1. The van der Waals surface area contributed by atoms with Crippen LogP contribution in [-0.2, 0) is 11.4 Å². The van der Waals surface area contributed by atoms with Gasteiger partial charge in [0.15, 0.2) is 11.5 Å². The lowest BCUT2D eigenvalue weighted by Gasteiger charge is -2.16. The number of amides is 1. The smallest absolute Gasteiger partial charge is 0.266 e. The first-order valence-corrected chi connectivity index (χ1v) is 13.2. The minimum atomic E-state index is -0.601. The standard InChI is InChI=1S/C29H21Cl2IN2O3/c1-2-36-26-15-18(13-21(16-33)29(35)34-25-12-6-11-23(30)27(25)31)14-24(32)28(26)37-17-20-9-5-8-19-7-3-4-10-22(19)20/h3-15H,2,17H2,1H3,(H,34,35)/b21-13+. The lowest BCUT2D eigenvalue weighted by atomic mass is 10.1. The van der Waals surface area contributed by atoms with Crippen molar-refractivity contribution in [1.82, 2.24) is 0 Å². The number of carbonyl (C=O) groups is 1. The van der Waals surface area contributed by atoms with Gasteiger partial charge in [-0.1, -0.05) is 71.7 Å². The van der Waals surface area contributed by atoms with E-state index in [1.165, 1.54) is 6.08 Å². The van der Waals surface area contributed by atoms with Gasteiger partial charge in [0.1, 0.15) is 18.2 Å². The molecule has 1 N–H and O–H groups in total. The molecule has 1 amide bonds. The van der Waals surface area contributed by atoms with Gasteiger partial charge in [0.05, 0.1) is 25.9 Å². The molecule has 0 heterocycles. The fraction of sp³-hybridized carbons (Fsp3) is 0.103. The van der Waals surface area contributed by atoms with Crippen molar-refractivity contribution >= 4 is 74.2 Å². The number of rotatable bonds is 8. The number of fused-ring (bicyclic) bond motifs is 1. The zero-order valence-electron chi connectivity index (χ0n) is 19.7. The van der Waals surface area contributed by atoms with E-state index in [1.807, 2.05) is 43.3 Å². The molecule has 4 rings (SSSR count). The Balaban J connectivity index is 1.60. The van der Waals surface area contributed by atoms with E-state index < -0.39 is 5.91 Å². The maximum Gasteiger partial charge on any atom is 0.266 e. The summed E-state index contributed by atoms with van der Waals surface area (Å²) >= 11 is 14.4. The lowest BCUT2D eigenvalue weighted by molar-refractivity contribution is -0.112. The van der Waals surface area contributed by atoms with E-state index in [2.05, 4.69) is 46.1 Å². The molecule has 0 radical (unpaired) electrons. The average Bonchev–Trinajstić information content (AvgIpc) is 2.89. The van der Waals surface area contributed by atoms with Gasteiger partial charge in [-0.3, -0.25) is 4.79 Å². The highest BCUT2D eigenvalue weighted by Gasteiger charge is 2.16. The van der Waals surface area contributed by atoms with Crippen molar-refractivity contribution in [3.05, 3.63) is 103 Å². The summed E-state index contributed by atoms with van der Waals surface area (Å²) in [5, 5.41) is 15.1. The Labute approximate surface area is 238 Å². The van der Waals surface area contributed by atoms with E-state index in [9.17, 15) is 10.1 Å². The molecular formula is C29H21Cl2IN2O3. The summed E-state index contributed by atoms with van der Waals surface area (Å²) in [6.45, 7) is 2.67. The van der Waals surface area contributed by atoms with E-state index in [1.54, 1.807) is 24.3 Å². The molecule has 0 aliphatic carbocycles. The van der Waals surface area contributed by atoms with Crippen LogP contribution in [0.1, 0.15) is 18.1 Å². The van der Waals surface area contributed by atoms with Crippen molar-refractivity contribution in [2.75, 3.05) is 11.9 Å². The first kappa shape index (κ1) is 26.8. The van der Waals surface area contributed by atoms with E-state index >= 15 is 0 Å². The van der Waals surface area contributed by atoms with Gasteiger partial charge < -0.3 is 14.8 Å². The Hall–Kier alpha value is -3.25. The molecule has 0 aromatic heterocycles. The summed E-state index contributed by atoms with van der Waals surface area (Å²) in [6.07, 6.45) is 1.49. The summed E-state index contributed by atoms with van der Waals surface area (Å²) in [7, 11) is 0. The third kappa shape index (κ3) is 6.37. The topological polar surface area (TPSA) is 71.3 Å². The number of nitrogens with zero attached hydrogens (tertiary/aromatic N) is 1. The number of nitrogens with one attached hydrogen (secondary N) is 1. The van der Waals surface area contributed by atoms with E-state index in [4.69, 9.17) is 32.7 Å². The van der Waals surface area contributed by atoms with Crippen molar-refractivity contribution in [3.8, 4) is 17.6 Å². The molecule has 4 aromatic rings. The molecule has 0 fully saturated rings. The van der Waals surface area contributed by atoms with Crippen LogP contribution in [0.2, 0.25) is 10.0 Å². The highest BCUT2D eigenvalue weighted by atomic mass is 127. The van der Waals surface area contributed by atoms with Crippen LogP contribution in [-0.4, -0.2) is 12.5 Å². The van der Waals surface area contributed by atoms with Gasteiger partial charge >= 0.3 is 0 Å². The van der Waals surface area contributed by atoms with Crippen molar-refractivity contribution < 1.29 is 14.3 Å². The molecule has 186 valence electrons. The third-order valence-electron chi connectivity index (χ3n) is 5.46. The van der Waals surface area contributed by atoms with Gasteiger partial charge in [-0.15, -0.1) is 0 Å². The van der Waals surface area contributed by atoms with Crippen molar-refractivity contribution in [3.63, 3.8) is 0 Å². The highest BCUT2D eigenvalue weighted by molar-refractivity contribution is 14.1. The fourth-order valence-corrected chi connectivity index (χ4v) is 4.88. The number of benzene rings is 4. The molecule has 0 bridgehead atoms. The molecule has 0 atom stereocenters. The maximum absolute atomic E-state index is 12.8. The summed E-state index contributed by atoms with van der Waals surface area (Å²) in [5.74, 6) is 0.522. The fourth-order valence-electron chi connectivity index (χ4n) is 3.75. The number of ether oxygens (including phenoxy) is 2. The molecule has 8 heteroatoms. The molecular weight excluding hydrogens is 622 g/mol. The van der Waals surface area contributed by atoms with Crippen LogP contribution in [0.25, 0.3) is 16.8 Å². The largest absolute Gasteiger partial charge is 0.490 e. The Morgan fingerprint density at radius 1 is 1.05 bits per heavy atom. The van der Waals surface area contributed by atoms with Crippen LogP contribution in [0.3, 0.4) is 0 Å². The monoisotopic (exact) mass is 642 g/mol. The van der Waals surface area contributed by atoms with Crippen molar-refractivity contribution in [2.45, 2.75) is 13.5 Å². The third-order valence-corrected chi connectivity index (χ3v) is 7.08. The molecule has 0 spiro atoms. The Bertz CT molecular complexity index is 1540. The summed E-state index contributed by atoms with van der Waals surface area (Å²) < 4.78 is 12.9. The second kappa shape index (κ2) is 12.3. The molecule has 0 unspecified atom stereocenters. The molecule has 37 heavy (non-hydrogen) atoms. The van der Waals surface area contributed by atoms with Gasteiger partial charge in [-0.2, -0.15) is 5.26 Å². The summed E-state index contributed by atoms with van der Waals surface area (Å²) in [5.41, 5.74) is 1.90. The van der Waals surface area contributed by atoms with Crippen molar-refractivity contribution in [2.24, 2.45) is 0 Å². The van der Waals surface area contributed by atoms with E-state index in [0.717, 1.165) is 19.9 Å². The predicted octanol–water partition coefficient (Wildman–Crippen LogP) is 8.27. The first-order chi connectivity index (χ1) is 17.9. The minimum Gasteiger partial charge on any atom is -0.490 e. The van der Waals surface area contributed by atoms with Crippen LogP contribution >= 0.6 is 45.8 Å². The van der Waals surface area contributed by atoms with Gasteiger partial charge in [-0.25, -0.2) is 0 Å². The minimum absolute atomic E-state index is 0.0984. The Kier molecular flexibility index (Phi) is 8.93. The lowest BCUT2D eigenvalue weighted by Crippen LogP contribution is -2.13. The van der Waals surface area contributed by atoms with Gasteiger partial charge in [-0.05, 0) is 81.8 Å². The average molecular weight is 643 g/mol. The van der Waals surface area contributed by atoms with Gasteiger partial charge in [0, 0.05) is 0 Å². The molecule has 0 aliphatic heterocycles. The number of anilines is 1. The highest BCUT2D eigenvalue weighted by Crippen LogP contribution is 2.36. The maximum atomic E-state index is 12.8. The number of hydrogen-bond donors (Lipinski definition) is 1. The molecule has 0 aliphatic rings. The zero-order chi connectivity index (χ0) is 26.4. The van der Waals surface area contributed by atoms with Crippen LogP contribution < -0.4 is 14.8 Å². The Morgan fingerprint density at radius 3 is 2.59 bits per heavy atom. The second-order valence-electron chi connectivity index (χ2n) is 7.92. The summed E-state index contributed by atoms with van der Waals surface area (Å²) in [6, 6.07) is 24.7. The van der Waals surface area contributed by atoms with E-state index in [-0.39, 0.29) is 10.6 Å². The van der Waals surface area contributed by atoms with Crippen LogP contribution in [0.15, 0.2) is 78.4 Å². The number of nitriles is 1. The first-order valence-electron chi connectivity index (χ1n) is 11.3. The van der Waals surface area contributed by atoms with Crippen LogP contribution in [0.5, 0.6) is 11.5 Å². The van der Waals surface area contributed by atoms with Crippen LogP contribution in [0.4, 0.5) is 5.69 Å².